The lowest BCUT2D eigenvalue weighted by Crippen LogP contribution is -1.96. The Hall–Kier alpha value is -3.48. The van der Waals surface area contributed by atoms with Gasteiger partial charge in [-0.3, -0.25) is 9.97 Å². The number of nitrogens with zero attached hydrogens (tertiary/aromatic N) is 2. The van der Waals surface area contributed by atoms with E-state index in [4.69, 9.17) is 9.97 Å². The number of pyridine rings is 2. The topological polar surface area (TPSA) is 25.8 Å². The molecule has 0 saturated carbocycles. The van der Waals surface area contributed by atoms with Gasteiger partial charge in [-0.1, -0.05) is 55.5 Å². The monoisotopic (exact) mass is 374 g/mol. The molecule has 1 aliphatic rings. The molecule has 4 aromatic rings. The predicted molar refractivity (Wildman–Crippen MR) is 122 cm³/mol. The number of hydrogen-bond acceptors (Lipinski definition) is 2. The minimum Gasteiger partial charge on any atom is -0.251 e. The summed E-state index contributed by atoms with van der Waals surface area (Å²) in [5.74, 6) is 0.423. The number of fused-ring (bicyclic) bond motifs is 3. The van der Waals surface area contributed by atoms with Crippen LogP contribution in [0.2, 0.25) is 0 Å². The number of aryl methyl sites for hydroxylation is 2. The molecular weight excluding hydrogens is 352 g/mol. The number of allylic oxidation sites excluding steroid dienone is 3. The molecule has 2 aromatic heterocycles. The van der Waals surface area contributed by atoms with Crippen LogP contribution >= 0.6 is 0 Å². The Morgan fingerprint density at radius 2 is 1.41 bits per heavy atom. The van der Waals surface area contributed by atoms with Gasteiger partial charge in [0.15, 0.2) is 0 Å². The highest BCUT2D eigenvalue weighted by molar-refractivity contribution is 6.11. The first-order chi connectivity index (χ1) is 14.1. The zero-order chi connectivity index (χ0) is 20.0. The van der Waals surface area contributed by atoms with Crippen LogP contribution in [-0.4, -0.2) is 9.97 Å². The van der Waals surface area contributed by atoms with Gasteiger partial charge in [0.25, 0.3) is 0 Å². The van der Waals surface area contributed by atoms with Gasteiger partial charge >= 0.3 is 0 Å². The smallest absolute Gasteiger partial charge is 0.0974 e. The first-order valence-electron chi connectivity index (χ1n) is 10.0. The van der Waals surface area contributed by atoms with Crippen LogP contribution in [0.4, 0.5) is 0 Å². The highest BCUT2D eigenvalue weighted by Crippen LogP contribution is 2.35. The fourth-order valence-electron chi connectivity index (χ4n) is 4.05. The second kappa shape index (κ2) is 6.84. The average molecular weight is 374 g/mol. The van der Waals surface area contributed by atoms with Crippen molar-refractivity contribution < 1.29 is 0 Å². The van der Waals surface area contributed by atoms with Crippen molar-refractivity contribution in [3.8, 4) is 11.1 Å². The van der Waals surface area contributed by atoms with Crippen molar-refractivity contribution in [2.24, 2.45) is 5.92 Å². The quantitative estimate of drug-likeness (QED) is 0.284. The van der Waals surface area contributed by atoms with Gasteiger partial charge in [-0.2, -0.15) is 0 Å². The van der Waals surface area contributed by atoms with Crippen LogP contribution in [-0.2, 0) is 0 Å². The summed E-state index contributed by atoms with van der Waals surface area (Å²) in [5, 5.41) is 2.26. The molecule has 0 radical (unpaired) electrons. The molecule has 0 saturated heterocycles. The van der Waals surface area contributed by atoms with Gasteiger partial charge in [0, 0.05) is 33.3 Å². The highest BCUT2D eigenvalue weighted by Gasteiger charge is 2.15. The summed E-state index contributed by atoms with van der Waals surface area (Å²) >= 11 is 0. The second-order valence-corrected chi connectivity index (χ2v) is 7.79. The van der Waals surface area contributed by atoms with Gasteiger partial charge in [0.2, 0.25) is 0 Å². The highest BCUT2D eigenvalue weighted by atomic mass is 14.8. The Bertz CT molecular complexity index is 1350. The largest absolute Gasteiger partial charge is 0.251 e. The Morgan fingerprint density at radius 1 is 0.793 bits per heavy atom. The average Bonchev–Trinajstić information content (AvgIpc) is 2.74. The van der Waals surface area contributed by atoms with Crippen LogP contribution in [0.1, 0.15) is 23.9 Å². The fraction of sp³-hybridized carbons (Fsp3) is 0.148. The van der Waals surface area contributed by atoms with E-state index in [-0.39, 0.29) is 0 Å². The molecule has 0 aliphatic heterocycles. The minimum atomic E-state index is 0.423. The molecule has 0 bridgehead atoms. The minimum absolute atomic E-state index is 0.423. The van der Waals surface area contributed by atoms with Crippen molar-refractivity contribution in [1.82, 2.24) is 9.97 Å². The first-order valence-corrected chi connectivity index (χ1v) is 10.0. The molecule has 1 atom stereocenters. The van der Waals surface area contributed by atoms with E-state index in [0.29, 0.717) is 5.92 Å². The lowest BCUT2D eigenvalue weighted by molar-refractivity contribution is 0.938. The van der Waals surface area contributed by atoms with Crippen molar-refractivity contribution in [2.45, 2.75) is 20.8 Å². The van der Waals surface area contributed by atoms with Gasteiger partial charge < -0.3 is 0 Å². The SMILES string of the molecule is Cc1cc(C2=C=CC(C)C=C2)c2ccc3c(-c4ccccc4)cc(C)nc3c2n1. The van der Waals surface area contributed by atoms with Gasteiger partial charge in [0.05, 0.1) is 11.0 Å². The van der Waals surface area contributed by atoms with Crippen LogP contribution in [0, 0.1) is 19.8 Å². The van der Waals surface area contributed by atoms with E-state index >= 15 is 0 Å². The number of benzene rings is 2. The summed E-state index contributed by atoms with van der Waals surface area (Å²) in [6.45, 7) is 6.27. The van der Waals surface area contributed by atoms with E-state index < -0.39 is 0 Å². The van der Waals surface area contributed by atoms with Crippen LogP contribution < -0.4 is 0 Å². The van der Waals surface area contributed by atoms with Gasteiger partial charge in [-0.25, -0.2) is 0 Å². The summed E-state index contributed by atoms with van der Waals surface area (Å²) in [7, 11) is 0. The lowest BCUT2D eigenvalue weighted by atomic mass is 9.93. The van der Waals surface area contributed by atoms with E-state index in [1.807, 2.05) is 6.07 Å². The Labute approximate surface area is 171 Å². The van der Waals surface area contributed by atoms with Gasteiger partial charge in [-0.15, -0.1) is 5.73 Å². The number of hydrogen-bond donors (Lipinski definition) is 0. The van der Waals surface area contributed by atoms with E-state index in [0.717, 1.165) is 38.8 Å². The molecule has 1 unspecified atom stereocenters. The Kier molecular flexibility index (Phi) is 4.16. The van der Waals surface area contributed by atoms with Crippen LogP contribution in [0.5, 0.6) is 0 Å². The molecule has 2 heteroatoms. The Morgan fingerprint density at radius 3 is 2.03 bits per heavy atom. The number of aromatic nitrogens is 2. The standard InChI is InChI=1S/C27H22N2/c1-17-9-11-21(12-10-17)25-16-19(3)29-27-23(25)14-13-22-24(15-18(2)28-26(22)27)20-7-5-4-6-8-20/h4-11,13-17H,1-3H3. The summed E-state index contributed by atoms with van der Waals surface area (Å²) in [6, 6.07) is 19.2. The van der Waals surface area contributed by atoms with Crippen molar-refractivity contribution in [3.63, 3.8) is 0 Å². The summed E-state index contributed by atoms with van der Waals surface area (Å²) < 4.78 is 0. The van der Waals surface area contributed by atoms with Crippen molar-refractivity contribution in [1.29, 1.82) is 0 Å². The summed E-state index contributed by atoms with van der Waals surface area (Å²) in [5.41, 5.74) is 12.0. The third-order valence-electron chi connectivity index (χ3n) is 5.46. The molecular formula is C27H22N2. The molecule has 0 amide bonds. The van der Waals surface area contributed by atoms with E-state index in [2.05, 4.69) is 93.3 Å². The first kappa shape index (κ1) is 17.6. The summed E-state index contributed by atoms with van der Waals surface area (Å²) in [4.78, 5) is 9.82. The molecule has 2 aromatic carbocycles. The molecule has 140 valence electrons. The summed E-state index contributed by atoms with van der Waals surface area (Å²) in [6.07, 6.45) is 6.50. The maximum absolute atomic E-state index is 4.91. The maximum atomic E-state index is 4.91. The molecule has 0 N–H and O–H groups in total. The van der Waals surface area contributed by atoms with Crippen molar-refractivity contribution in [2.75, 3.05) is 0 Å². The van der Waals surface area contributed by atoms with Crippen LogP contribution in [0.25, 0.3) is 38.5 Å². The zero-order valence-electron chi connectivity index (χ0n) is 16.9. The van der Waals surface area contributed by atoms with Gasteiger partial charge in [-0.05, 0) is 55.2 Å². The second-order valence-electron chi connectivity index (χ2n) is 7.79. The van der Waals surface area contributed by atoms with E-state index in [9.17, 15) is 0 Å². The molecule has 1 aliphatic carbocycles. The van der Waals surface area contributed by atoms with Gasteiger partial charge in [0.1, 0.15) is 0 Å². The third kappa shape index (κ3) is 3.08. The van der Waals surface area contributed by atoms with E-state index in [1.165, 1.54) is 16.7 Å². The number of rotatable bonds is 2. The molecule has 2 heterocycles. The molecule has 0 spiro atoms. The molecule has 29 heavy (non-hydrogen) atoms. The maximum Gasteiger partial charge on any atom is 0.0974 e. The normalized spacial score (nSPS) is 15.8. The fourth-order valence-corrected chi connectivity index (χ4v) is 4.05. The molecule has 5 rings (SSSR count). The van der Waals surface area contributed by atoms with Crippen molar-refractivity contribution in [3.05, 3.63) is 95.5 Å². The van der Waals surface area contributed by atoms with Crippen LogP contribution in [0.3, 0.4) is 0 Å². The predicted octanol–water partition coefficient (Wildman–Crippen LogP) is 6.81. The lowest BCUT2D eigenvalue weighted by Gasteiger charge is -2.14. The van der Waals surface area contributed by atoms with Crippen LogP contribution in [0.15, 0.2) is 78.6 Å². The molecule has 0 fully saturated rings. The van der Waals surface area contributed by atoms with E-state index in [1.54, 1.807) is 0 Å². The third-order valence-corrected chi connectivity index (χ3v) is 5.46. The zero-order valence-corrected chi connectivity index (χ0v) is 16.9. The Balaban J connectivity index is 1.86. The molecule has 2 nitrogen and oxygen atoms in total. The van der Waals surface area contributed by atoms with Crippen molar-refractivity contribution >= 4 is 27.4 Å².